The van der Waals surface area contributed by atoms with Crippen LogP contribution in [0.15, 0.2) is 18.2 Å². The van der Waals surface area contributed by atoms with Crippen molar-refractivity contribution in [2.75, 3.05) is 20.2 Å². The summed E-state index contributed by atoms with van der Waals surface area (Å²) in [6, 6.07) is 5.54. The molecule has 0 unspecified atom stereocenters. The van der Waals surface area contributed by atoms with Crippen LogP contribution in [0.5, 0.6) is 0 Å². The predicted octanol–water partition coefficient (Wildman–Crippen LogP) is 2.12. The van der Waals surface area contributed by atoms with Crippen molar-refractivity contribution in [3.05, 3.63) is 29.0 Å². The highest BCUT2D eigenvalue weighted by Gasteiger charge is 2.08. The number of rotatable bonds is 6. The molecular formula is C12H17ClN2O2. The lowest BCUT2D eigenvalue weighted by molar-refractivity contribution is -0.141. The summed E-state index contributed by atoms with van der Waals surface area (Å²) in [5.74, 6) is -0.192. The second-order valence-corrected chi connectivity index (χ2v) is 4.03. The van der Waals surface area contributed by atoms with Gasteiger partial charge in [0, 0.05) is 13.1 Å². The molecule has 5 heteroatoms. The molecule has 0 aromatic carbocycles. The average Bonchev–Trinajstić information content (AvgIpc) is 2.34. The van der Waals surface area contributed by atoms with E-state index in [1.54, 1.807) is 6.07 Å². The zero-order chi connectivity index (χ0) is 12.7. The Balaban J connectivity index is 2.49. The number of ether oxygens (including phenoxy) is 1. The van der Waals surface area contributed by atoms with Crippen molar-refractivity contribution in [2.45, 2.75) is 19.9 Å². The van der Waals surface area contributed by atoms with Gasteiger partial charge in [0.2, 0.25) is 0 Å². The Morgan fingerprint density at radius 2 is 2.29 bits per heavy atom. The Morgan fingerprint density at radius 1 is 1.53 bits per heavy atom. The van der Waals surface area contributed by atoms with E-state index in [1.807, 2.05) is 19.1 Å². The van der Waals surface area contributed by atoms with E-state index in [9.17, 15) is 4.79 Å². The van der Waals surface area contributed by atoms with Crippen LogP contribution in [0.2, 0.25) is 5.15 Å². The Kier molecular flexibility index (Phi) is 5.94. The van der Waals surface area contributed by atoms with E-state index in [-0.39, 0.29) is 5.97 Å². The SMILES string of the molecule is CCN(CCC(=O)OC)Cc1cccc(Cl)n1. The minimum atomic E-state index is -0.192. The van der Waals surface area contributed by atoms with E-state index in [2.05, 4.69) is 14.6 Å². The molecule has 0 N–H and O–H groups in total. The van der Waals surface area contributed by atoms with Crippen molar-refractivity contribution in [1.29, 1.82) is 0 Å². The van der Waals surface area contributed by atoms with Crippen LogP contribution in [0.3, 0.4) is 0 Å². The van der Waals surface area contributed by atoms with E-state index < -0.39 is 0 Å². The molecule has 1 rings (SSSR count). The summed E-state index contributed by atoms with van der Waals surface area (Å²) >= 11 is 5.82. The molecule has 0 bridgehead atoms. The maximum absolute atomic E-state index is 11.1. The first-order valence-corrected chi connectivity index (χ1v) is 5.94. The third-order valence-electron chi connectivity index (χ3n) is 2.47. The number of aromatic nitrogens is 1. The molecule has 0 saturated carbocycles. The van der Waals surface area contributed by atoms with E-state index in [4.69, 9.17) is 11.6 Å². The van der Waals surface area contributed by atoms with Crippen molar-refractivity contribution in [2.24, 2.45) is 0 Å². The third-order valence-corrected chi connectivity index (χ3v) is 2.68. The number of hydrogen-bond acceptors (Lipinski definition) is 4. The highest BCUT2D eigenvalue weighted by molar-refractivity contribution is 6.29. The maximum Gasteiger partial charge on any atom is 0.306 e. The van der Waals surface area contributed by atoms with Crippen LogP contribution < -0.4 is 0 Å². The van der Waals surface area contributed by atoms with Gasteiger partial charge in [-0.25, -0.2) is 4.98 Å². The standard InChI is InChI=1S/C12H17ClN2O2/c1-3-15(8-7-12(16)17-2)9-10-5-4-6-11(13)14-10/h4-6H,3,7-9H2,1-2H3. The summed E-state index contributed by atoms with van der Waals surface area (Å²) in [5, 5.41) is 0.492. The fraction of sp³-hybridized carbons (Fsp3) is 0.500. The van der Waals surface area contributed by atoms with Crippen molar-refractivity contribution < 1.29 is 9.53 Å². The number of methoxy groups -OCH3 is 1. The molecule has 4 nitrogen and oxygen atoms in total. The Hall–Kier alpha value is -1.13. The van der Waals surface area contributed by atoms with Gasteiger partial charge in [-0.1, -0.05) is 24.6 Å². The van der Waals surface area contributed by atoms with Gasteiger partial charge in [0.25, 0.3) is 0 Å². The number of esters is 1. The predicted molar refractivity (Wildman–Crippen MR) is 66.8 cm³/mol. The number of halogens is 1. The number of pyridine rings is 1. The van der Waals surface area contributed by atoms with Gasteiger partial charge in [0.1, 0.15) is 5.15 Å². The summed E-state index contributed by atoms with van der Waals surface area (Å²) in [6.07, 6.45) is 0.394. The van der Waals surface area contributed by atoms with Crippen LogP contribution >= 0.6 is 11.6 Å². The maximum atomic E-state index is 11.1. The third kappa shape index (κ3) is 5.15. The van der Waals surface area contributed by atoms with E-state index in [0.29, 0.717) is 24.7 Å². The summed E-state index contributed by atoms with van der Waals surface area (Å²) in [5.41, 5.74) is 0.907. The Bertz CT molecular complexity index is 371. The van der Waals surface area contributed by atoms with Crippen LogP contribution in [0.4, 0.5) is 0 Å². The number of carbonyl (C=O) groups is 1. The molecule has 0 aliphatic carbocycles. The van der Waals surface area contributed by atoms with Gasteiger partial charge in [-0.15, -0.1) is 0 Å². The highest BCUT2D eigenvalue weighted by Crippen LogP contribution is 2.08. The second kappa shape index (κ2) is 7.25. The normalized spacial score (nSPS) is 10.6. The molecule has 0 radical (unpaired) electrons. The first kappa shape index (κ1) is 13.9. The van der Waals surface area contributed by atoms with Gasteiger partial charge in [-0.3, -0.25) is 9.69 Å². The number of carbonyl (C=O) groups excluding carboxylic acids is 1. The van der Waals surface area contributed by atoms with Crippen LogP contribution in [-0.2, 0) is 16.1 Å². The summed E-state index contributed by atoms with van der Waals surface area (Å²) in [7, 11) is 1.40. The second-order valence-electron chi connectivity index (χ2n) is 3.65. The van der Waals surface area contributed by atoms with Crippen molar-refractivity contribution in [3.8, 4) is 0 Å². The number of hydrogen-bond donors (Lipinski definition) is 0. The quantitative estimate of drug-likeness (QED) is 0.578. The fourth-order valence-electron chi connectivity index (χ4n) is 1.47. The molecule has 0 aliphatic heterocycles. The molecule has 94 valence electrons. The fourth-order valence-corrected chi connectivity index (χ4v) is 1.65. The van der Waals surface area contributed by atoms with Crippen LogP contribution in [0, 0.1) is 0 Å². The highest BCUT2D eigenvalue weighted by atomic mass is 35.5. The lowest BCUT2D eigenvalue weighted by Gasteiger charge is -2.19. The molecular weight excluding hydrogens is 240 g/mol. The molecule has 0 spiro atoms. The van der Waals surface area contributed by atoms with Crippen LogP contribution in [0.25, 0.3) is 0 Å². The molecule has 0 atom stereocenters. The zero-order valence-corrected chi connectivity index (χ0v) is 10.9. The van der Waals surface area contributed by atoms with Crippen molar-refractivity contribution >= 4 is 17.6 Å². The first-order valence-electron chi connectivity index (χ1n) is 5.56. The minimum absolute atomic E-state index is 0.192. The summed E-state index contributed by atoms with van der Waals surface area (Å²) in [6.45, 7) is 4.25. The average molecular weight is 257 g/mol. The topological polar surface area (TPSA) is 42.4 Å². The van der Waals surface area contributed by atoms with Gasteiger partial charge in [-0.05, 0) is 18.7 Å². The molecule has 1 aromatic heterocycles. The molecule has 0 aliphatic rings. The molecule has 17 heavy (non-hydrogen) atoms. The zero-order valence-electron chi connectivity index (χ0n) is 10.1. The van der Waals surface area contributed by atoms with E-state index in [1.165, 1.54) is 7.11 Å². The van der Waals surface area contributed by atoms with Gasteiger partial charge >= 0.3 is 5.97 Å². The van der Waals surface area contributed by atoms with Crippen molar-refractivity contribution in [1.82, 2.24) is 9.88 Å². The van der Waals surface area contributed by atoms with Gasteiger partial charge in [0.15, 0.2) is 0 Å². The van der Waals surface area contributed by atoms with Crippen LogP contribution in [-0.4, -0.2) is 36.1 Å². The van der Waals surface area contributed by atoms with E-state index >= 15 is 0 Å². The van der Waals surface area contributed by atoms with Crippen LogP contribution in [0.1, 0.15) is 19.0 Å². The van der Waals surface area contributed by atoms with Crippen molar-refractivity contribution in [3.63, 3.8) is 0 Å². The van der Waals surface area contributed by atoms with E-state index in [0.717, 1.165) is 12.2 Å². The molecule has 1 aromatic rings. The lowest BCUT2D eigenvalue weighted by Crippen LogP contribution is -2.26. The summed E-state index contributed by atoms with van der Waals surface area (Å²) < 4.78 is 4.61. The first-order chi connectivity index (χ1) is 8.15. The lowest BCUT2D eigenvalue weighted by atomic mass is 10.3. The van der Waals surface area contributed by atoms with Gasteiger partial charge < -0.3 is 4.74 Å². The van der Waals surface area contributed by atoms with Gasteiger partial charge in [-0.2, -0.15) is 0 Å². The largest absolute Gasteiger partial charge is 0.469 e. The smallest absolute Gasteiger partial charge is 0.306 e. The minimum Gasteiger partial charge on any atom is -0.469 e. The van der Waals surface area contributed by atoms with Gasteiger partial charge in [0.05, 0.1) is 19.2 Å². The molecule has 1 heterocycles. The number of nitrogens with zero attached hydrogens (tertiary/aromatic N) is 2. The Labute approximate surface area is 107 Å². The summed E-state index contributed by atoms with van der Waals surface area (Å²) in [4.78, 5) is 17.4. The molecule has 0 fully saturated rings. The molecule has 0 amide bonds. The molecule has 0 saturated heterocycles. The monoisotopic (exact) mass is 256 g/mol. The Morgan fingerprint density at radius 3 is 2.88 bits per heavy atom.